The van der Waals surface area contributed by atoms with E-state index in [4.69, 9.17) is 0 Å². The Hall–Kier alpha value is -7.13. The van der Waals surface area contributed by atoms with Gasteiger partial charge in [0.05, 0.1) is 54.4 Å². The molecule has 0 unspecified atom stereocenters. The molecule has 0 aliphatic heterocycles. The maximum atomic E-state index is 14.4. The van der Waals surface area contributed by atoms with E-state index in [1.54, 1.807) is 53.6 Å². The summed E-state index contributed by atoms with van der Waals surface area (Å²) in [6.45, 7) is 7.13. The predicted octanol–water partition coefficient (Wildman–Crippen LogP) is 7.87. The van der Waals surface area contributed by atoms with Crippen molar-refractivity contribution in [2.75, 3.05) is 0 Å². The summed E-state index contributed by atoms with van der Waals surface area (Å²) in [6.07, 6.45) is 6.23. The number of alkyl halides is 1. The van der Waals surface area contributed by atoms with Crippen LogP contribution in [0.3, 0.4) is 0 Å². The maximum absolute atomic E-state index is 14.4. The third kappa shape index (κ3) is 6.90. The number of hydrogen-bond donors (Lipinski definition) is 0. The van der Waals surface area contributed by atoms with Gasteiger partial charge in [-0.3, -0.25) is 0 Å². The largest absolute Gasteiger partial charge is 0.326 e. The second-order valence-corrected chi connectivity index (χ2v) is 13.2. The van der Waals surface area contributed by atoms with E-state index in [2.05, 4.69) is 50.0 Å². The summed E-state index contributed by atoms with van der Waals surface area (Å²) in [7, 11) is 0. The molecule has 0 amide bonds. The zero-order valence-corrected chi connectivity index (χ0v) is 29.5. The SMILES string of the molecule is CC(C)(F)Cn1cnc(-c2ccc(F)cc2)c1-c1ccc2ncc(C#N)n2n1.CC(C)n1cnc(-c2ccc(F)cc2)c1-c1ccc2ncc(C#N)n2n1. The van der Waals surface area contributed by atoms with Crippen LogP contribution in [-0.2, 0) is 6.54 Å². The molecule has 8 rings (SSSR count). The first-order valence-corrected chi connectivity index (χ1v) is 16.8. The molecule has 2 aromatic carbocycles. The van der Waals surface area contributed by atoms with Gasteiger partial charge < -0.3 is 9.13 Å². The van der Waals surface area contributed by atoms with Crippen molar-refractivity contribution in [3.05, 3.63) is 121 Å². The zero-order chi connectivity index (χ0) is 38.1. The lowest BCUT2D eigenvalue weighted by atomic mass is 10.1. The van der Waals surface area contributed by atoms with Crippen molar-refractivity contribution >= 4 is 11.3 Å². The van der Waals surface area contributed by atoms with Crippen LogP contribution in [0.5, 0.6) is 0 Å². The predicted molar refractivity (Wildman–Crippen MR) is 194 cm³/mol. The van der Waals surface area contributed by atoms with Crippen molar-refractivity contribution in [1.82, 2.24) is 48.3 Å². The third-order valence-corrected chi connectivity index (χ3v) is 8.41. The quantitative estimate of drug-likeness (QED) is 0.162. The molecule has 8 aromatic rings. The number of benzene rings is 2. The Kier molecular flexibility index (Phi) is 9.23. The van der Waals surface area contributed by atoms with Crippen molar-refractivity contribution in [3.8, 4) is 57.4 Å². The number of nitriles is 2. The Morgan fingerprint density at radius 3 is 1.57 bits per heavy atom. The Bertz CT molecular complexity index is 2700. The Balaban J connectivity index is 0.000000167. The zero-order valence-electron chi connectivity index (χ0n) is 29.5. The molecule has 15 heteroatoms. The van der Waals surface area contributed by atoms with Crippen molar-refractivity contribution in [2.24, 2.45) is 0 Å². The fraction of sp³-hybridized carbons (Fsp3) is 0.179. The van der Waals surface area contributed by atoms with Gasteiger partial charge in [0.15, 0.2) is 22.7 Å². The summed E-state index contributed by atoms with van der Waals surface area (Å²) >= 11 is 0. The Labute approximate surface area is 307 Å². The van der Waals surface area contributed by atoms with Crippen LogP contribution in [0, 0.1) is 34.3 Å². The molecule has 54 heavy (non-hydrogen) atoms. The molecule has 0 aliphatic carbocycles. The van der Waals surface area contributed by atoms with Gasteiger partial charge in [-0.15, -0.1) is 0 Å². The Morgan fingerprint density at radius 1 is 0.648 bits per heavy atom. The van der Waals surface area contributed by atoms with Gasteiger partial charge >= 0.3 is 0 Å². The second kappa shape index (κ2) is 14.1. The first kappa shape index (κ1) is 35.3. The van der Waals surface area contributed by atoms with Crippen molar-refractivity contribution < 1.29 is 13.2 Å². The van der Waals surface area contributed by atoms with Crippen LogP contribution in [0.2, 0.25) is 0 Å². The maximum Gasteiger partial charge on any atom is 0.162 e. The molecule has 268 valence electrons. The van der Waals surface area contributed by atoms with E-state index in [0.29, 0.717) is 51.0 Å². The number of imidazole rings is 4. The van der Waals surface area contributed by atoms with Crippen LogP contribution in [-0.4, -0.2) is 54.0 Å². The first-order chi connectivity index (χ1) is 25.9. The lowest BCUT2D eigenvalue weighted by molar-refractivity contribution is 0.187. The summed E-state index contributed by atoms with van der Waals surface area (Å²) < 4.78 is 47.7. The molecule has 0 atom stereocenters. The minimum absolute atomic E-state index is 0.0608. The number of rotatable bonds is 7. The monoisotopic (exact) mass is 724 g/mol. The summed E-state index contributed by atoms with van der Waals surface area (Å²) in [6, 6.07) is 23.6. The van der Waals surface area contributed by atoms with Gasteiger partial charge in [0, 0.05) is 17.2 Å². The number of fused-ring (bicyclic) bond motifs is 2. The molecule has 0 saturated carbocycles. The van der Waals surface area contributed by atoms with Gasteiger partial charge in [0.1, 0.15) is 40.8 Å². The second-order valence-electron chi connectivity index (χ2n) is 13.2. The lowest BCUT2D eigenvalue weighted by Gasteiger charge is -2.17. The van der Waals surface area contributed by atoms with E-state index in [1.807, 2.05) is 22.8 Å². The molecular weight excluding hydrogens is 694 g/mol. The number of aromatic nitrogens is 10. The molecular formula is C39H31F3N12. The van der Waals surface area contributed by atoms with E-state index in [1.165, 1.54) is 59.5 Å². The average molecular weight is 725 g/mol. The number of hydrogen-bond acceptors (Lipinski definition) is 8. The lowest BCUT2D eigenvalue weighted by Crippen LogP contribution is -2.21. The highest BCUT2D eigenvalue weighted by molar-refractivity contribution is 5.78. The van der Waals surface area contributed by atoms with Crippen molar-refractivity contribution in [3.63, 3.8) is 0 Å². The molecule has 6 heterocycles. The number of nitrogens with zero attached hydrogens (tertiary/aromatic N) is 12. The molecule has 0 bridgehead atoms. The van der Waals surface area contributed by atoms with E-state index in [9.17, 15) is 23.7 Å². The molecule has 12 nitrogen and oxygen atoms in total. The highest BCUT2D eigenvalue weighted by atomic mass is 19.1. The molecule has 6 aromatic heterocycles. The molecule has 0 N–H and O–H groups in total. The van der Waals surface area contributed by atoms with Crippen molar-refractivity contribution in [1.29, 1.82) is 10.5 Å². The minimum atomic E-state index is -1.48. The topological polar surface area (TPSA) is 144 Å². The van der Waals surface area contributed by atoms with Crippen LogP contribution < -0.4 is 0 Å². The van der Waals surface area contributed by atoms with Gasteiger partial charge in [0.25, 0.3) is 0 Å². The molecule has 0 fully saturated rings. The number of halogens is 3. The van der Waals surface area contributed by atoms with Gasteiger partial charge in [-0.1, -0.05) is 0 Å². The van der Waals surface area contributed by atoms with Crippen LogP contribution in [0.4, 0.5) is 13.2 Å². The smallest absolute Gasteiger partial charge is 0.162 e. The first-order valence-electron chi connectivity index (χ1n) is 16.8. The van der Waals surface area contributed by atoms with Crippen LogP contribution in [0.1, 0.15) is 45.1 Å². The van der Waals surface area contributed by atoms with Gasteiger partial charge in [-0.2, -0.15) is 20.7 Å². The highest BCUT2D eigenvalue weighted by Crippen LogP contribution is 2.34. The van der Waals surface area contributed by atoms with Crippen LogP contribution >= 0.6 is 0 Å². The fourth-order valence-electron chi connectivity index (χ4n) is 5.97. The van der Waals surface area contributed by atoms with Gasteiger partial charge in [-0.25, -0.2) is 42.1 Å². The molecule has 0 spiro atoms. The van der Waals surface area contributed by atoms with E-state index < -0.39 is 5.67 Å². The van der Waals surface area contributed by atoms with Gasteiger partial charge in [0.2, 0.25) is 0 Å². The standard InChI is InChI=1S/C20H16F2N6.C19H15FN6/c1-20(2,22)11-27-12-25-18(13-3-5-14(21)6-4-13)19(27)16-7-8-17-24-10-15(9-23)28(17)26-16;1-12(2)25-11-23-18(13-3-5-14(20)6-4-13)19(25)16-7-8-17-22-10-15(9-21)26(17)24-16/h3-8,10,12H,11H2,1-2H3;3-8,10-12H,1-2H3. The molecule has 0 saturated heterocycles. The highest BCUT2D eigenvalue weighted by Gasteiger charge is 2.24. The van der Waals surface area contributed by atoms with E-state index in [0.717, 1.165) is 11.3 Å². The van der Waals surface area contributed by atoms with Crippen molar-refractivity contribution in [2.45, 2.75) is 46.0 Å². The van der Waals surface area contributed by atoms with E-state index >= 15 is 0 Å². The summed E-state index contributed by atoms with van der Waals surface area (Å²) in [4.78, 5) is 17.3. The average Bonchev–Trinajstić information content (AvgIpc) is 3.96. The third-order valence-electron chi connectivity index (χ3n) is 8.41. The molecule has 0 aliphatic rings. The summed E-state index contributed by atoms with van der Waals surface area (Å²) in [5.41, 5.74) is 5.60. The fourth-order valence-corrected chi connectivity index (χ4v) is 5.97. The van der Waals surface area contributed by atoms with Crippen LogP contribution in [0.15, 0.2) is 97.8 Å². The van der Waals surface area contributed by atoms with E-state index in [-0.39, 0.29) is 29.9 Å². The summed E-state index contributed by atoms with van der Waals surface area (Å²) in [5.74, 6) is -0.651. The van der Waals surface area contributed by atoms with Gasteiger partial charge in [-0.05, 0) is 100 Å². The summed E-state index contributed by atoms with van der Waals surface area (Å²) in [5, 5.41) is 27.6. The minimum Gasteiger partial charge on any atom is -0.326 e. The normalized spacial score (nSPS) is 11.4. The molecule has 0 radical (unpaired) electrons. The Morgan fingerprint density at radius 2 is 1.11 bits per heavy atom. The van der Waals surface area contributed by atoms with Crippen LogP contribution in [0.25, 0.3) is 56.6 Å².